The van der Waals surface area contributed by atoms with Crippen LogP contribution in [0.15, 0.2) is 0 Å². The van der Waals surface area contributed by atoms with Crippen LogP contribution in [0.3, 0.4) is 0 Å². The molecule has 0 atom stereocenters. The second-order valence-corrected chi connectivity index (χ2v) is 7.69. The number of hydrogen-bond donors (Lipinski definition) is 0. The second kappa shape index (κ2) is 4.11. The van der Waals surface area contributed by atoms with Crippen LogP contribution >= 0.6 is 0 Å². The molecule has 0 unspecified atom stereocenters. The molecule has 0 aliphatic rings. The second-order valence-electron chi connectivity index (χ2n) is 3.67. The zero-order valence-corrected chi connectivity index (χ0v) is 8.48. The Morgan fingerprint density at radius 1 is 1.30 bits per heavy atom. The SMILES string of the molecule is CN(C)CCC[Si](C)(C)[O-]. The number of nitrogens with zero attached hydrogens (tertiary/aromatic N) is 1. The summed E-state index contributed by atoms with van der Waals surface area (Å²) in [5.41, 5.74) is 0. The Balaban J connectivity index is 3.21. The van der Waals surface area contributed by atoms with E-state index in [0.29, 0.717) is 0 Å². The third-order valence-corrected chi connectivity index (χ3v) is 2.94. The first-order chi connectivity index (χ1) is 4.42. The molecule has 0 aliphatic heterocycles. The molecule has 3 heteroatoms. The predicted octanol–water partition coefficient (Wildman–Crippen LogP) is 0.503. The van der Waals surface area contributed by atoms with Crippen LogP contribution in [-0.2, 0) is 0 Å². The summed E-state index contributed by atoms with van der Waals surface area (Å²) >= 11 is 0. The highest BCUT2D eigenvalue weighted by Gasteiger charge is 2.02. The molecule has 0 aromatic heterocycles. The fraction of sp³-hybridized carbons (Fsp3) is 1.00. The highest BCUT2D eigenvalue weighted by Crippen LogP contribution is 2.03. The Bertz CT molecular complexity index is 88.1. The van der Waals surface area contributed by atoms with Gasteiger partial charge in [-0.2, -0.15) is 0 Å². The van der Waals surface area contributed by atoms with Gasteiger partial charge in [-0.3, -0.25) is 0 Å². The summed E-state index contributed by atoms with van der Waals surface area (Å²) in [7, 11) is 2.08. The van der Waals surface area contributed by atoms with E-state index >= 15 is 0 Å². The molecule has 2 nitrogen and oxygen atoms in total. The summed E-state index contributed by atoms with van der Waals surface area (Å²) in [4.78, 5) is 13.3. The van der Waals surface area contributed by atoms with Gasteiger partial charge in [0, 0.05) is 0 Å². The van der Waals surface area contributed by atoms with Crippen molar-refractivity contribution in [1.82, 2.24) is 4.90 Å². The monoisotopic (exact) mass is 160 g/mol. The lowest BCUT2D eigenvalue weighted by molar-refractivity contribution is -0.205. The highest BCUT2D eigenvalue weighted by molar-refractivity contribution is 6.68. The van der Waals surface area contributed by atoms with E-state index in [1.807, 2.05) is 27.2 Å². The summed E-state index contributed by atoms with van der Waals surface area (Å²) in [6, 6.07) is 0.908. The minimum absolute atomic E-state index is 0.908. The van der Waals surface area contributed by atoms with Crippen molar-refractivity contribution in [3.05, 3.63) is 0 Å². The fourth-order valence-electron chi connectivity index (χ4n) is 0.821. The largest absolute Gasteiger partial charge is 0.859 e. The Hall–Kier alpha value is 0.137. The average molecular weight is 160 g/mol. The van der Waals surface area contributed by atoms with E-state index < -0.39 is 8.32 Å². The minimum Gasteiger partial charge on any atom is -0.859 e. The van der Waals surface area contributed by atoms with Crippen molar-refractivity contribution in [1.29, 1.82) is 0 Å². The zero-order chi connectivity index (χ0) is 8.20. The average Bonchev–Trinajstić information content (AvgIpc) is 1.59. The first kappa shape index (κ1) is 10.1. The topological polar surface area (TPSA) is 26.3 Å². The maximum Gasteiger partial charge on any atom is -0.00279 e. The van der Waals surface area contributed by atoms with Crippen molar-refractivity contribution in [2.75, 3.05) is 20.6 Å². The van der Waals surface area contributed by atoms with Crippen molar-refractivity contribution >= 4 is 8.32 Å². The summed E-state index contributed by atoms with van der Waals surface area (Å²) in [6.07, 6.45) is 1.07. The number of hydrogen-bond acceptors (Lipinski definition) is 2. The number of rotatable bonds is 4. The van der Waals surface area contributed by atoms with Crippen LogP contribution in [0.4, 0.5) is 0 Å². The molecular formula is C7H18NOSi-. The van der Waals surface area contributed by atoms with Crippen LogP contribution in [-0.4, -0.2) is 33.9 Å². The van der Waals surface area contributed by atoms with Crippen LogP contribution in [0, 0.1) is 0 Å². The van der Waals surface area contributed by atoms with E-state index in [1.165, 1.54) is 0 Å². The zero-order valence-electron chi connectivity index (χ0n) is 7.48. The predicted molar refractivity (Wildman–Crippen MR) is 45.5 cm³/mol. The molecule has 62 valence electrons. The van der Waals surface area contributed by atoms with Gasteiger partial charge in [0.25, 0.3) is 0 Å². The van der Waals surface area contributed by atoms with Crippen molar-refractivity contribution in [3.8, 4) is 0 Å². The molecule has 0 N–H and O–H groups in total. The summed E-state index contributed by atoms with van der Waals surface area (Å²) in [6.45, 7) is 4.81. The molecule has 0 aromatic rings. The van der Waals surface area contributed by atoms with Crippen molar-refractivity contribution < 1.29 is 4.80 Å². The Kier molecular flexibility index (Phi) is 4.16. The van der Waals surface area contributed by atoms with E-state index in [9.17, 15) is 4.80 Å². The highest BCUT2D eigenvalue weighted by atomic mass is 28.4. The third-order valence-electron chi connectivity index (χ3n) is 1.38. The lowest BCUT2D eigenvalue weighted by Gasteiger charge is -2.29. The summed E-state index contributed by atoms with van der Waals surface area (Å²) in [5, 5.41) is 0. The van der Waals surface area contributed by atoms with Crippen LogP contribution < -0.4 is 4.80 Å². The molecular weight excluding hydrogens is 142 g/mol. The van der Waals surface area contributed by atoms with Crippen molar-refractivity contribution in [2.45, 2.75) is 25.6 Å². The molecule has 0 saturated carbocycles. The molecule has 0 aliphatic carbocycles. The normalized spacial score (nSPS) is 12.6. The molecule has 0 spiro atoms. The summed E-state index contributed by atoms with van der Waals surface area (Å²) in [5.74, 6) is 0. The van der Waals surface area contributed by atoms with E-state index in [-0.39, 0.29) is 0 Å². The van der Waals surface area contributed by atoms with Gasteiger partial charge in [0.15, 0.2) is 0 Å². The van der Waals surface area contributed by atoms with Gasteiger partial charge < -0.3 is 9.70 Å². The molecule has 0 rings (SSSR count). The Labute approximate surface area is 65.0 Å². The quantitative estimate of drug-likeness (QED) is 0.560. The molecule has 0 aromatic carbocycles. The lowest BCUT2D eigenvalue weighted by Crippen LogP contribution is -2.42. The maximum absolute atomic E-state index is 11.2. The van der Waals surface area contributed by atoms with Gasteiger partial charge in [-0.1, -0.05) is 27.5 Å². The van der Waals surface area contributed by atoms with Crippen LogP contribution in [0.25, 0.3) is 0 Å². The smallest absolute Gasteiger partial charge is 0.00279 e. The summed E-state index contributed by atoms with van der Waals surface area (Å²) < 4.78 is 0. The first-order valence-electron chi connectivity index (χ1n) is 3.77. The van der Waals surface area contributed by atoms with Crippen molar-refractivity contribution in [3.63, 3.8) is 0 Å². The van der Waals surface area contributed by atoms with Gasteiger partial charge in [0.05, 0.1) is 0 Å². The van der Waals surface area contributed by atoms with E-state index in [4.69, 9.17) is 0 Å². The van der Waals surface area contributed by atoms with E-state index in [0.717, 1.165) is 19.0 Å². The first-order valence-corrected chi connectivity index (χ1v) is 6.88. The van der Waals surface area contributed by atoms with Gasteiger partial charge in [0.1, 0.15) is 0 Å². The molecule has 0 bridgehead atoms. The molecule has 0 amide bonds. The fourth-order valence-corrected chi connectivity index (χ4v) is 1.83. The van der Waals surface area contributed by atoms with Crippen LogP contribution in [0.5, 0.6) is 0 Å². The molecule has 10 heavy (non-hydrogen) atoms. The maximum atomic E-state index is 11.2. The van der Waals surface area contributed by atoms with Crippen LogP contribution in [0.2, 0.25) is 19.1 Å². The lowest BCUT2D eigenvalue weighted by atomic mass is 10.5. The minimum atomic E-state index is -2.00. The Morgan fingerprint density at radius 2 is 1.80 bits per heavy atom. The van der Waals surface area contributed by atoms with Crippen LogP contribution in [0.1, 0.15) is 6.42 Å². The van der Waals surface area contributed by atoms with Gasteiger partial charge in [-0.05, 0) is 27.1 Å². The van der Waals surface area contributed by atoms with E-state index in [2.05, 4.69) is 4.90 Å². The molecule has 0 fully saturated rings. The molecule has 0 saturated heterocycles. The van der Waals surface area contributed by atoms with Gasteiger partial charge in [-0.25, -0.2) is 0 Å². The molecule has 0 radical (unpaired) electrons. The van der Waals surface area contributed by atoms with Gasteiger partial charge in [-0.15, -0.1) is 0 Å². The Morgan fingerprint density at radius 3 is 2.10 bits per heavy atom. The standard InChI is InChI=1S/C7H18NOSi/c1-8(2)6-5-7-10(3,4)9/h5-7H2,1-4H3/q-1. The molecule has 0 heterocycles. The van der Waals surface area contributed by atoms with Gasteiger partial charge in [0.2, 0.25) is 0 Å². The van der Waals surface area contributed by atoms with E-state index in [1.54, 1.807) is 0 Å². The van der Waals surface area contributed by atoms with Gasteiger partial charge >= 0.3 is 0 Å². The van der Waals surface area contributed by atoms with Crippen molar-refractivity contribution in [2.24, 2.45) is 0 Å². The third kappa shape index (κ3) is 8.14.